The summed E-state index contributed by atoms with van der Waals surface area (Å²) in [7, 11) is -0.410. The standard InChI is InChI=1S/C20H24N4O5S3/c1-12-16-18(29-3)21-14(11-28-2)22-19(16)31-17(12)20(25)24-8-6-13(7-9-24)23-32(26,27)15-5-4-10-30-15/h4-5,10,13,23H,6-9,11H2,1-3H3. The van der Waals surface area contributed by atoms with Gasteiger partial charge in [0.15, 0.2) is 5.82 Å². The number of amides is 1. The molecule has 9 nitrogen and oxygen atoms in total. The number of hydrogen-bond donors (Lipinski definition) is 1. The number of nitrogens with one attached hydrogen (secondary N) is 1. The number of aromatic nitrogens is 2. The molecule has 0 radical (unpaired) electrons. The van der Waals surface area contributed by atoms with E-state index in [0.29, 0.717) is 51.6 Å². The van der Waals surface area contributed by atoms with Crippen molar-refractivity contribution in [1.82, 2.24) is 19.6 Å². The Kier molecular flexibility index (Phi) is 6.77. The highest BCUT2D eigenvalue weighted by Crippen LogP contribution is 2.36. The predicted molar refractivity (Wildman–Crippen MR) is 123 cm³/mol. The first-order valence-electron chi connectivity index (χ1n) is 10.0. The molecule has 4 heterocycles. The Bertz CT molecular complexity index is 1220. The van der Waals surface area contributed by atoms with Crippen molar-refractivity contribution in [1.29, 1.82) is 0 Å². The predicted octanol–water partition coefficient (Wildman–Crippen LogP) is 2.80. The van der Waals surface area contributed by atoms with Gasteiger partial charge in [-0.1, -0.05) is 6.07 Å². The molecular weight excluding hydrogens is 472 g/mol. The van der Waals surface area contributed by atoms with Gasteiger partial charge in [-0.15, -0.1) is 22.7 Å². The molecule has 32 heavy (non-hydrogen) atoms. The Balaban J connectivity index is 1.49. The minimum atomic E-state index is -3.52. The first-order chi connectivity index (χ1) is 15.3. The van der Waals surface area contributed by atoms with E-state index in [0.717, 1.165) is 10.9 Å². The third-order valence-electron chi connectivity index (χ3n) is 5.33. The molecule has 0 spiro atoms. The topological polar surface area (TPSA) is 111 Å². The number of sulfonamides is 1. The number of fused-ring (bicyclic) bond motifs is 1. The van der Waals surface area contributed by atoms with Crippen molar-refractivity contribution < 1.29 is 22.7 Å². The molecule has 0 atom stereocenters. The summed E-state index contributed by atoms with van der Waals surface area (Å²) in [6, 6.07) is 3.11. The Morgan fingerprint density at radius 2 is 2.03 bits per heavy atom. The van der Waals surface area contributed by atoms with Gasteiger partial charge in [0.2, 0.25) is 15.9 Å². The van der Waals surface area contributed by atoms with Gasteiger partial charge < -0.3 is 14.4 Å². The second-order valence-electron chi connectivity index (χ2n) is 7.44. The molecule has 1 fully saturated rings. The molecule has 12 heteroatoms. The fourth-order valence-corrected chi connectivity index (χ4v) is 7.20. The Labute approximate surface area is 194 Å². The van der Waals surface area contributed by atoms with Crippen LogP contribution >= 0.6 is 22.7 Å². The van der Waals surface area contributed by atoms with E-state index >= 15 is 0 Å². The average Bonchev–Trinajstić information content (AvgIpc) is 3.43. The molecule has 3 aromatic heterocycles. The summed E-state index contributed by atoms with van der Waals surface area (Å²) in [6.45, 7) is 3.07. The third-order valence-corrected chi connectivity index (χ3v) is 9.42. The lowest BCUT2D eigenvalue weighted by atomic mass is 10.1. The fourth-order valence-electron chi connectivity index (χ4n) is 3.73. The maximum Gasteiger partial charge on any atom is 0.264 e. The molecule has 1 aliphatic heterocycles. The van der Waals surface area contributed by atoms with Crippen LogP contribution in [0.4, 0.5) is 0 Å². The SMILES string of the molecule is COCc1nc(OC)c2c(C)c(C(=O)N3CCC(NS(=O)(=O)c4cccs4)CC3)sc2n1. The summed E-state index contributed by atoms with van der Waals surface area (Å²) >= 11 is 2.51. The zero-order valence-electron chi connectivity index (χ0n) is 18.0. The molecular formula is C20H24N4O5S3. The maximum absolute atomic E-state index is 13.3. The van der Waals surface area contributed by atoms with Gasteiger partial charge in [0, 0.05) is 26.2 Å². The smallest absolute Gasteiger partial charge is 0.264 e. The molecule has 1 aliphatic rings. The van der Waals surface area contributed by atoms with E-state index in [1.807, 2.05) is 6.92 Å². The quantitative estimate of drug-likeness (QED) is 0.535. The molecule has 172 valence electrons. The summed E-state index contributed by atoms with van der Waals surface area (Å²) < 4.78 is 38.6. The van der Waals surface area contributed by atoms with E-state index < -0.39 is 10.0 Å². The molecule has 0 saturated carbocycles. The van der Waals surface area contributed by atoms with Crippen molar-refractivity contribution >= 4 is 48.8 Å². The van der Waals surface area contributed by atoms with Crippen LogP contribution in [0.1, 0.15) is 33.9 Å². The number of rotatable bonds is 7. The van der Waals surface area contributed by atoms with Crippen LogP contribution in [0.3, 0.4) is 0 Å². The maximum atomic E-state index is 13.3. The lowest BCUT2D eigenvalue weighted by Gasteiger charge is -2.32. The number of carbonyl (C=O) groups is 1. The molecule has 0 aromatic carbocycles. The normalized spacial score (nSPS) is 15.4. The fraction of sp³-hybridized carbons (Fsp3) is 0.450. The number of methoxy groups -OCH3 is 2. The second kappa shape index (κ2) is 9.40. The highest BCUT2D eigenvalue weighted by atomic mass is 32.2. The van der Waals surface area contributed by atoms with Crippen molar-refractivity contribution in [3.8, 4) is 5.88 Å². The van der Waals surface area contributed by atoms with Crippen molar-refractivity contribution in [3.05, 3.63) is 33.8 Å². The zero-order chi connectivity index (χ0) is 22.9. The summed E-state index contributed by atoms with van der Waals surface area (Å²) in [6.07, 6.45) is 1.11. The van der Waals surface area contributed by atoms with Gasteiger partial charge in [0.1, 0.15) is 15.6 Å². The van der Waals surface area contributed by atoms with Crippen molar-refractivity contribution in [2.75, 3.05) is 27.3 Å². The summed E-state index contributed by atoms with van der Waals surface area (Å²) in [5.74, 6) is 0.841. The van der Waals surface area contributed by atoms with Gasteiger partial charge >= 0.3 is 0 Å². The molecule has 1 saturated heterocycles. The van der Waals surface area contributed by atoms with E-state index in [2.05, 4.69) is 14.7 Å². The van der Waals surface area contributed by atoms with Gasteiger partial charge in [-0.25, -0.2) is 18.1 Å². The van der Waals surface area contributed by atoms with Crippen LogP contribution in [0.5, 0.6) is 5.88 Å². The van der Waals surface area contributed by atoms with Crippen LogP contribution in [0.25, 0.3) is 10.2 Å². The monoisotopic (exact) mass is 496 g/mol. The van der Waals surface area contributed by atoms with Gasteiger partial charge in [-0.05, 0) is 36.8 Å². The third kappa shape index (κ3) is 4.50. The van der Waals surface area contributed by atoms with E-state index in [4.69, 9.17) is 9.47 Å². The molecule has 0 unspecified atom stereocenters. The lowest BCUT2D eigenvalue weighted by molar-refractivity contribution is 0.0715. The molecule has 0 aliphatic carbocycles. The van der Waals surface area contributed by atoms with Gasteiger partial charge in [-0.2, -0.15) is 4.98 Å². The number of aryl methyl sites for hydroxylation is 1. The zero-order valence-corrected chi connectivity index (χ0v) is 20.4. The Morgan fingerprint density at radius 3 is 2.66 bits per heavy atom. The minimum Gasteiger partial charge on any atom is -0.480 e. The van der Waals surface area contributed by atoms with Crippen LogP contribution in [0, 0.1) is 6.92 Å². The number of thiophene rings is 2. The highest BCUT2D eigenvalue weighted by Gasteiger charge is 2.30. The van der Waals surface area contributed by atoms with Gasteiger partial charge in [0.05, 0.1) is 17.4 Å². The molecule has 1 amide bonds. The largest absolute Gasteiger partial charge is 0.480 e. The summed E-state index contributed by atoms with van der Waals surface area (Å²) in [5.41, 5.74) is 0.788. The first kappa shape index (κ1) is 23.1. The average molecular weight is 497 g/mol. The van der Waals surface area contributed by atoms with Gasteiger partial charge in [-0.3, -0.25) is 4.79 Å². The van der Waals surface area contributed by atoms with E-state index in [1.54, 1.807) is 36.6 Å². The highest BCUT2D eigenvalue weighted by molar-refractivity contribution is 7.91. The number of ether oxygens (including phenoxy) is 2. The van der Waals surface area contributed by atoms with Crippen LogP contribution in [-0.4, -0.2) is 62.5 Å². The molecule has 4 rings (SSSR count). The Hall–Kier alpha value is -2.12. The number of carbonyl (C=O) groups excluding carboxylic acids is 1. The van der Waals surface area contributed by atoms with Gasteiger partial charge in [0.25, 0.3) is 5.91 Å². The molecule has 1 N–H and O–H groups in total. The van der Waals surface area contributed by atoms with Crippen LogP contribution in [0.15, 0.2) is 21.7 Å². The van der Waals surface area contributed by atoms with Crippen LogP contribution in [-0.2, 0) is 21.4 Å². The minimum absolute atomic E-state index is 0.0830. The second-order valence-corrected chi connectivity index (χ2v) is 11.3. The lowest BCUT2D eigenvalue weighted by Crippen LogP contribution is -2.46. The van der Waals surface area contributed by atoms with Crippen LogP contribution in [0.2, 0.25) is 0 Å². The van der Waals surface area contributed by atoms with Crippen molar-refractivity contribution in [2.45, 2.75) is 36.6 Å². The summed E-state index contributed by atoms with van der Waals surface area (Å²) in [4.78, 5) is 25.2. The van der Waals surface area contributed by atoms with Crippen LogP contribution < -0.4 is 9.46 Å². The first-order valence-corrected chi connectivity index (χ1v) is 13.2. The Morgan fingerprint density at radius 1 is 1.28 bits per heavy atom. The van der Waals surface area contributed by atoms with Crippen molar-refractivity contribution in [2.24, 2.45) is 0 Å². The number of likely N-dealkylation sites (tertiary alicyclic amines) is 1. The number of piperidine rings is 1. The van der Waals surface area contributed by atoms with Crippen molar-refractivity contribution in [3.63, 3.8) is 0 Å². The van der Waals surface area contributed by atoms with E-state index in [-0.39, 0.29) is 18.6 Å². The summed E-state index contributed by atoms with van der Waals surface area (Å²) in [5, 5.41) is 2.47. The van der Waals surface area contributed by atoms with E-state index in [9.17, 15) is 13.2 Å². The molecule has 3 aromatic rings. The number of nitrogens with zero attached hydrogens (tertiary/aromatic N) is 3. The number of hydrogen-bond acceptors (Lipinski definition) is 9. The molecule has 0 bridgehead atoms. The van der Waals surface area contributed by atoms with E-state index in [1.165, 1.54) is 22.7 Å².